The van der Waals surface area contributed by atoms with Crippen LogP contribution in [0.2, 0.25) is 0 Å². The van der Waals surface area contributed by atoms with E-state index in [9.17, 15) is 0 Å². The Morgan fingerprint density at radius 1 is 0.889 bits per heavy atom. The third-order valence-electron chi connectivity index (χ3n) is 3.64. The fraction of sp³-hybridized carbons (Fsp3) is 0.588. The van der Waals surface area contributed by atoms with Crippen LogP contribution in [0, 0.1) is 0 Å². The van der Waals surface area contributed by atoms with E-state index in [-0.39, 0.29) is 10.8 Å². The first-order chi connectivity index (χ1) is 8.19. The number of hydrogen-bond acceptors (Lipinski definition) is 1. The predicted octanol–water partition coefficient (Wildman–Crippen LogP) is 4.26. The van der Waals surface area contributed by atoms with Crippen molar-refractivity contribution in [2.45, 2.75) is 58.8 Å². The van der Waals surface area contributed by atoms with Gasteiger partial charge in [0.25, 0.3) is 0 Å². The Labute approximate surface area is 111 Å². The Hall–Kier alpha value is -1.11. The monoisotopic (exact) mass is 243 g/mol. The maximum atomic E-state index is 4.41. The molecule has 1 aromatic rings. The number of nitrogens with zero attached hydrogens (tertiary/aromatic N) is 1. The van der Waals surface area contributed by atoms with Gasteiger partial charge in [0.15, 0.2) is 0 Å². The molecule has 0 aliphatic carbocycles. The van der Waals surface area contributed by atoms with E-state index >= 15 is 0 Å². The van der Waals surface area contributed by atoms with Crippen molar-refractivity contribution >= 4 is 6.21 Å². The molecule has 1 nitrogen and oxygen atoms in total. The van der Waals surface area contributed by atoms with Gasteiger partial charge < -0.3 is 0 Å². The summed E-state index contributed by atoms with van der Waals surface area (Å²) >= 11 is 0. The van der Waals surface area contributed by atoms with E-state index in [1.54, 1.807) is 0 Å². The summed E-state index contributed by atoms with van der Waals surface area (Å²) in [4.78, 5) is 4.41. The lowest BCUT2D eigenvalue weighted by Crippen LogP contribution is -2.23. The van der Waals surface area contributed by atoms with E-state index in [1.165, 1.54) is 22.3 Å². The van der Waals surface area contributed by atoms with Gasteiger partial charge in [0.05, 0.1) is 0 Å². The minimum absolute atomic E-state index is 0.183. The van der Waals surface area contributed by atoms with Gasteiger partial charge in [-0.15, -0.1) is 0 Å². The second-order valence-electron chi connectivity index (χ2n) is 7.38. The van der Waals surface area contributed by atoms with Crippen LogP contribution in [-0.4, -0.2) is 12.8 Å². The zero-order valence-electron chi connectivity index (χ0n) is 12.6. The normalized spacial score (nSPS) is 15.7. The van der Waals surface area contributed by atoms with Gasteiger partial charge in [-0.1, -0.05) is 47.6 Å². The van der Waals surface area contributed by atoms with Crippen molar-refractivity contribution in [3.63, 3.8) is 0 Å². The Bertz CT molecular complexity index is 482. The molecule has 1 aromatic carbocycles. The topological polar surface area (TPSA) is 12.4 Å². The molecule has 1 aliphatic rings. The molecule has 0 N–H and O–H groups in total. The summed E-state index contributed by atoms with van der Waals surface area (Å²) in [6, 6.07) is 4.78. The van der Waals surface area contributed by atoms with Gasteiger partial charge in [-0.2, -0.15) is 0 Å². The highest BCUT2D eigenvalue weighted by Crippen LogP contribution is 2.36. The fourth-order valence-electron chi connectivity index (χ4n) is 2.59. The highest BCUT2D eigenvalue weighted by molar-refractivity contribution is 5.83. The average Bonchev–Trinajstić information content (AvgIpc) is 2.25. The first-order valence-corrected chi connectivity index (χ1v) is 6.87. The van der Waals surface area contributed by atoms with Crippen LogP contribution in [-0.2, 0) is 17.3 Å². The second kappa shape index (κ2) is 4.22. The van der Waals surface area contributed by atoms with Crippen LogP contribution >= 0.6 is 0 Å². The lowest BCUT2D eigenvalue weighted by atomic mass is 9.73. The fourth-order valence-corrected chi connectivity index (χ4v) is 2.59. The van der Waals surface area contributed by atoms with Gasteiger partial charge in [0.2, 0.25) is 0 Å². The van der Waals surface area contributed by atoms with Crippen molar-refractivity contribution in [2.75, 3.05) is 6.54 Å². The van der Waals surface area contributed by atoms with Crippen LogP contribution in [0.1, 0.15) is 63.8 Å². The molecule has 18 heavy (non-hydrogen) atoms. The van der Waals surface area contributed by atoms with Crippen LogP contribution < -0.4 is 0 Å². The molecule has 1 aliphatic heterocycles. The largest absolute Gasteiger partial charge is 0.292 e. The number of benzene rings is 1. The maximum Gasteiger partial charge on any atom is 0.0430 e. The second-order valence-corrected chi connectivity index (χ2v) is 7.38. The third kappa shape index (κ3) is 2.50. The summed E-state index contributed by atoms with van der Waals surface area (Å²) in [7, 11) is 0. The number of fused-ring (bicyclic) bond motifs is 1. The number of rotatable bonds is 0. The van der Waals surface area contributed by atoms with Crippen LogP contribution in [0.3, 0.4) is 0 Å². The van der Waals surface area contributed by atoms with Gasteiger partial charge in [-0.25, -0.2) is 0 Å². The standard InChI is InChI=1S/C17H25N/c1-16(2,3)14-9-12-7-8-18-11-13(12)10-15(14)17(4,5)6/h9-11H,7-8H2,1-6H3. The molecule has 98 valence electrons. The van der Waals surface area contributed by atoms with Crippen molar-refractivity contribution in [1.29, 1.82) is 0 Å². The smallest absolute Gasteiger partial charge is 0.0430 e. The van der Waals surface area contributed by atoms with Crippen molar-refractivity contribution < 1.29 is 0 Å². The molecule has 0 fully saturated rings. The third-order valence-corrected chi connectivity index (χ3v) is 3.64. The van der Waals surface area contributed by atoms with Gasteiger partial charge in [-0.3, -0.25) is 4.99 Å². The molecule has 0 atom stereocenters. The van der Waals surface area contributed by atoms with E-state index < -0.39 is 0 Å². The molecule has 0 radical (unpaired) electrons. The van der Waals surface area contributed by atoms with Crippen LogP contribution in [0.4, 0.5) is 0 Å². The minimum Gasteiger partial charge on any atom is -0.292 e. The summed E-state index contributed by atoms with van der Waals surface area (Å²) in [6.07, 6.45) is 3.12. The van der Waals surface area contributed by atoms with Crippen molar-refractivity contribution in [1.82, 2.24) is 0 Å². The molecule has 0 amide bonds. The van der Waals surface area contributed by atoms with Gasteiger partial charge in [0, 0.05) is 12.8 Å². The van der Waals surface area contributed by atoms with Crippen LogP contribution in [0.5, 0.6) is 0 Å². The molecule has 1 heteroatoms. The minimum atomic E-state index is 0.183. The molecule has 0 bridgehead atoms. The first-order valence-electron chi connectivity index (χ1n) is 6.87. The van der Waals surface area contributed by atoms with Crippen molar-refractivity contribution in [3.05, 3.63) is 34.4 Å². The molecule has 0 saturated carbocycles. The highest BCUT2D eigenvalue weighted by Gasteiger charge is 2.26. The predicted molar refractivity (Wildman–Crippen MR) is 80.0 cm³/mol. The number of hydrogen-bond donors (Lipinski definition) is 0. The van der Waals surface area contributed by atoms with Crippen LogP contribution in [0.15, 0.2) is 17.1 Å². The Morgan fingerprint density at radius 3 is 2.00 bits per heavy atom. The maximum absolute atomic E-state index is 4.41. The van der Waals surface area contributed by atoms with Crippen molar-refractivity contribution in [3.8, 4) is 0 Å². The van der Waals surface area contributed by atoms with Crippen molar-refractivity contribution in [2.24, 2.45) is 4.99 Å². The van der Waals surface area contributed by atoms with E-state index in [4.69, 9.17) is 0 Å². The molecule has 0 aromatic heterocycles. The Balaban J connectivity index is 2.67. The molecular formula is C17H25N. The molecule has 2 rings (SSSR count). The highest BCUT2D eigenvalue weighted by atomic mass is 14.7. The Kier molecular flexibility index (Phi) is 3.12. The summed E-state index contributed by atoms with van der Waals surface area (Å²) in [5, 5.41) is 0. The van der Waals surface area contributed by atoms with Crippen LogP contribution in [0.25, 0.3) is 0 Å². The zero-order valence-corrected chi connectivity index (χ0v) is 12.6. The quantitative estimate of drug-likeness (QED) is 0.645. The van der Waals surface area contributed by atoms with E-state index in [0.29, 0.717) is 0 Å². The van der Waals surface area contributed by atoms with Gasteiger partial charge >= 0.3 is 0 Å². The van der Waals surface area contributed by atoms with Gasteiger partial charge in [0.1, 0.15) is 0 Å². The average molecular weight is 243 g/mol. The SMILES string of the molecule is CC(C)(C)c1cc2c(cc1C(C)(C)C)CCN=C2. The first kappa shape index (κ1) is 13.3. The molecule has 0 unspecified atom stereocenters. The van der Waals surface area contributed by atoms with E-state index in [2.05, 4.69) is 58.7 Å². The molecule has 1 heterocycles. The number of aliphatic imine (C=N–C) groups is 1. The lowest BCUT2D eigenvalue weighted by Gasteiger charge is -2.32. The van der Waals surface area contributed by atoms with E-state index in [0.717, 1.165) is 13.0 Å². The summed E-state index contributed by atoms with van der Waals surface area (Å²) in [5.41, 5.74) is 6.11. The summed E-state index contributed by atoms with van der Waals surface area (Å²) < 4.78 is 0. The van der Waals surface area contributed by atoms with E-state index in [1.807, 2.05) is 6.21 Å². The summed E-state index contributed by atoms with van der Waals surface area (Å²) in [5.74, 6) is 0. The molecular weight excluding hydrogens is 218 g/mol. The molecule has 0 saturated heterocycles. The zero-order chi connectivity index (χ0) is 13.6. The van der Waals surface area contributed by atoms with Gasteiger partial charge in [-0.05, 0) is 45.6 Å². The lowest BCUT2D eigenvalue weighted by molar-refractivity contribution is 0.529. The molecule has 0 spiro atoms. The summed E-state index contributed by atoms with van der Waals surface area (Å²) in [6.45, 7) is 14.7. The Morgan fingerprint density at radius 2 is 1.44 bits per heavy atom.